The minimum atomic E-state index is -1.29. The van der Waals surface area contributed by atoms with Crippen molar-refractivity contribution in [2.75, 3.05) is 0 Å². The molecule has 24 heavy (non-hydrogen) atoms. The topological polar surface area (TPSA) is 134 Å². The summed E-state index contributed by atoms with van der Waals surface area (Å²) in [6.45, 7) is 8.08. The fourth-order valence-electron chi connectivity index (χ4n) is 2.21. The Morgan fingerprint density at radius 1 is 1.25 bits per heavy atom. The molecule has 0 saturated carbocycles. The highest BCUT2D eigenvalue weighted by molar-refractivity contribution is 5.90. The highest BCUT2D eigenvalue weighted by Crippen LogP contribution is 2.15. The van der Waals surface area contributed by atoms with Gasteiger partial charge in [-0.2, -0.15) is 0 Å². The second-order valence-electron chi connectivity index (χ2n) is 7.31. The van der Waals surface area contributed by atoms with Gasteiger partial charge in [-0.1, -0.05) is 0 Å². The number of nitrogens with one attached hydrogen (secondary N) is 3. The number of rotatable bonds is 5. The van der Waals surface area contributed by atoms with E-state index >= 15 is 0 Å². The molecule has 0 spiro atoms. The van der Waals surface area contributed by atoms with E-state index in [4.69, 9.17) is 9.84 Å². The van der Waals surface area contributed by atoms with Crippen LogP contribution in [0.5, 0.6) is 0 Å². The van der Waals surface area contributed by atoms with E-state index in [2.05, 4.69) is 16.0 Å². The van der Waals surface area contributed by atoms with Crippen LogP contribution in [-0.2, 0) is 19.1 Å². The van der Waals surface area contributed by atoms with E-state index in [0.29, 0.717) is 0 Å². The molecule has 136 valence electrons. The van der Waals surface area contributed by atoms with E-state index in [1.165, 1.54) is 13.8 Å². The normalized spacial score (nSPS) is 21.0. The van der Waals surface area contributed by atoms with Crippen molar-refractivity contribution < 1.29 is 29.0 Å². The molecule has 0 aliphatic carbocycles. The lowest BCUT2D eigenvalue weighted by Gasteiger charge is -2.29. The van der Waals surface area contributed by atoms with Gasteiger partial charge in [0.25, 0.3) is 0 Å². The predicted octanol–water partition coefficient (Wildman–Crippen LogP) is 0.138. The van der Waals surface area contributed by atoms with Crippen LogP contribution in [-0.4, -0.2) is 52.2 Å². The van der Waals surface area contributed by atoms with Crippen molar-refractivity contribution in [2.45, 2.75) is 70.7 Å². The van der Waals surface area contributed by atoms with E-state index < -0.39 is 41.2 Å². The van der Waals surface area contributed by atoms with Crippen LogP contribution >= 0.6 is 0 Å². The molecule has 1 aliphatic heterocycles. The standard InChI is InChI=1S/C15H25N3O6/c1-14(2,3)24-13(23)18-15(4,5)12(22)17-8-6-10(19)16-9(8)7-11(20)21/h8-9H,6-7H2,1-5H3,(H,16,19)(H,17,22)(H,18,23)(H,20,21). The molecule has 2 unspecified atom stereocenters. The minimum absolute atomic E-state index is 0.00773. The summed E-state index contributed by atoms with van der Waals surface area (Å²) < 4.78 is 5.11. The Balaban J connectivity index is 2.68. The van der Waals surface area contributed by atoms with Gasteiger partial charge in [0, 0.05) is 6.42 Å². The van der Waals surface area contributed by atoms with Gasteiger partial charge in [-0.15, -0.1) is 0 Å². The summed E-state index contributed by atoms with van der Waals surface area (Å²) >= 11 is 0. The second kappa shape index (κ2) is 7.06. The Morgan fingerprint density at radius 3 is 2.33 bits per heavy atom. The van der Waals surface area contributed by atoms with Crippen molar-refractivity contribution in [3.63, 3.8) is 0 Å². The number of aliphatic carboxylic acids is 1. The largest absolute Gasteiger partial charge is 0.481 e. The predicted molar refractivity (Wildman–Crippen MR) is 84.2 cm³/mol. The second-order valence-corrected chi connectivity index (χ2v) is 7.31. The molecular weight excluding hydrogens is 318 g/mol. The third-order valence-electron chi connectivity index (χ3n) is 3.33. The quantitative estimate of drug-likeness (QED) is 0.561. The molecule has 3 amide bonds. The van der Waals surface area contributed by atoms with Crippen LogP contribution < -0.4 is 16.0 Å². The van der Waals surface area contributed by atoms with Crippen molar-refractivity contribution in [1.29, 1.82) is 0 Å². The third kappa shape index (κ3) is 6.05. The maximum Gasteiger partial charge on any atom is 0.408 e. The first-order valence-corrected chi connectivity index (χ1v) is 7.63. The lowest BCUT2D eigenvalue weighted by Crippen LogP contribution is -2.58. The van der Waals surface area contributed by atoms with E-state index in [1.54, 1.807) is 20.8 Å². The zero-order valence-corrected chi connectivity index (χ0v) is 14.6. The van der Waals surface area contributed by atoms with Gasteiger partial charge >= 0.3 is 12.1 Å². The summed E-state index contributed by atoms with van der Waals surface area (Å²) in [6, 6.07) is -1.34. The molecule has 4 N–H and O–H groups in total. The Morgan fingerprint density at radius 2 is 1.83 bits per heavy atom. The van der Waals surface area contributed by atoms with Crippen LogP contribution in [0.2, 0.25) is 0 Å². The Labute approximate surface area is 140 Å². The van der Waals surface area contributed by atoms with Gasteiger partial charge in [0.15, 0.2) is 0 Å². The lowest BCUT2D eigenvalue weighted by atomic mass is 10.0. The fourth-order valence-corrected chi connectivity index (χ4v) is 2.21. The molecule has 1 aliphatic rings. The number of carbonyl (C=O) groups is 4. The summed E-state index contributed by atoms with van der Waals surface area (Å²) in [7, 11) is 0. The number of carbonyl (C=O) groups excluding carboxylic acids is 3. The number of carboxylic acids is 1. The minimum Gasteiger partial charge on any atom is -0.481 e. The molecule has 1 saturated heterocycles. The average Bonchev–Trinajstić information content (AvgIpc) is 2.64. The molecule has 2 atom stereocenters. The Kier molecular flexibility index (Phi) is 5.80. The SMILES string of the molecule is CC(C)(C)OC(=O)NC(C)(C)C(=O)NC1CC(=O)NC1CC(=O)O. The molecular formula is C15H25N3O6. The molecule has 0 aromatic rings. The van der Waals surface area contributed by atoms with Gasteiger partial charge in [0.1, 0.15) is 11.1 Å². The van der Waals surface area contributed by atoms with E-state index in [-0.39, 0.29) is 18.7 Å². The summed E-state index contributed by atoms with van der Waals surface area (Å²) in [5.74, 6) is -1.94. The van der Waals surface area contributed by atoms with Crippen LogP contribution in [0.25, 0.3) is 0 Å². The van der Waals surface area contributed by atoms with Gasteiger partial charge in [0.05, 0.1) is 18.5 Å². The fraction of sp³-hybridized carbons (Fsp3) is 0.733. The third-order valence-corrected chi connectivity index (χ3v) is 3.33. The molecule has 0 bridgehead atoms. The maximum atomic E-state index is 12.4. The maximum absolute atomic E-state index is 12.4. The first kappa shape index (κ1) is 19.7. The summed E-state index contributed by atoms with van der Waals surface area (Å²) in [6.07, 6.45) is -1.05. The molecule has 0 aromatic heterocycles. The van der Waals surface area contributed by atoms with E-state index in [9.17, 15) is 19.2 Å². The van der Waals surface area contributed by atoms with Crippen molar-refractivity contribution in [3.05, 3.63) is 0 Å². The van der Waals surface area contributed by atoms with Gasteiger partial charge < -0.3 is 25.8 Å². The summed E-state index contributed by atoms with van der Waals surface area (Å²) in [5.41, 5.74) is -1.99. The number of hydrogen-bond acceptors (Lipinski definition) is 5. The number of ether oxygens (including phenoxy) is 1. The summed E-state index contributed by atoms with van der Waals surface area (Å²) in [5, 5.41) is 16.5. The van der Waals surface area contributed by atoms with Gasteiger partial charge in [-0.3, -0.25) is 14.4 Å². The van der Waals surface area contributed by atoms with Gasteiger partial charge in [0.2, 0.25) is 11.8 Å². The first-order valence-electron chi connectivity index (χ1n) is 7.63. The number of hydrogen-bond donors (Lipinski definition) is 4. The lowest BCUT2D eigenvalue weighted by molar-refractivity contribution is -0.138. The highest BCUT2D eigenvalue weighted by atomic mass is 16.6. The monoisotopic (exact) mass is 343 g/mol. The number of amides is 3. The molecule has 9 heteroatoms. The van der Waals surface area contributed by atoms with Crippen molar-refractivity contribution in [1.82, 2.24) is 16.0 Å². The molecule has 1 rings (SSSR count). The average molecular weight is 343 g/mol. The van der Waals surface area contributed by atoms with Crippen LogP contribution in [0.15, 0.2) is 0 Å². The molecule has 9 nitrogen and oxygen atoms in total. The van der Waals surface area contributed by atoms with Crippen LogP contribution in [0, 0.1) is 0 Å². The number of carboxylic acid groups (broad SMARTS) is 1. The molecule has 0 aromatic carbocycles. The smallest absolute Gasteiger partial charge is 0.408 e. The van der Waals surface area contributed by atoms with Crippen LogP contribution in [0.3, 0.4) is 0 Å². The van der Waals surface area contributed by atoms with Gasteiger partial charge in [-0.05, 0) is 34.6 Å². The molecule has 0 radical (unpaired) electrons. The van der Waals surface area contributed by atoms with Crippen molar-refractivity contribution in [2.24, 2.45) is 0 Å². The first-order chi connectivity index (χ1) is 10.8. The van der Waals surface area contributed by atoms with Crippen molar-refractivity contribution in [3.8, 4) is 0 Å². The molecule has 1 fully saturated rings. The highest BCUT2D eigenvalue weighted by Gasteiger charge is 2.39. The van der Waals surface area contributed by atoms with Crippen LogP contribution in [0.4, 0.5) is 4.79 Å². The zero-order valence-electron chi connectivity index (χ0n) is 14.6. The Hall–Kier alpha value is -2.32. The van der Waals surface area contributed by atoms with Crippen molar-refractivity contribution >= 4 is 23.9 Å². The van der Waals surface area contributed by atoms with E-state index in [1.807, 2.05) is 0 Å². The number of alkyl carbamates (subject to hydrolysis) is 1. The van der Waals surface area contributed by atoms with E-state index in [0.717, 1.165) is 0 Å². The zero-order chi connectivity index (χ0) is 18.7. The molecule has 1 heterocycles. The van der Waals surface area contributed by atoms with Gasteiger partial charge in [-0.25, -0.2) is 4.79 Å². The summed E-state index contributed by atoms with van der Waals surface area (Å²) in [4.78, 5) is 46.5. The Bertz CT molecular complexity index is 538. The van der Waals surface area contributed by atoms with Crippen LogP contribution in [0.1, 0.15) is 47.5 Å².